The van der Waals surface area contributed by atoms with Crippen molar-refractivity contribution in [3.05, 3.63) is 0 Å². The van der Waals surface area contributed by atoms with E-state index in [0.29, 0.717) is 12.6 Å². The Morgan fingerprint density at radius 2 is 2.12 bits per heavy atom. The van der Waals surface area contributed by atoms with Crippen molar-refractivity contribution >= 4 is 5.97 Å². The molecule has 0 spiro atoms. The molecule has 1 N–H and O–H groups in total. The quantitative estimate of drug-likeness (QED) is 0.676. The number of nitrogens with zero attached hydrogens (tertiary/aromatic N) is 2. The van der Waals surface area contributed by atoms with Gasteiger partial charge in [0.25, 0.3) is 0 Å². The Labute approximate surface area is 104 Å². The molecule has 0 aromatic heterocycles. The molecular formula is C12H25N3O2. The van der Waals surface area contributed by atoms with Crippen LogP contribution in [-0.2, 0) is 9.53 Å². The van der Waals surface area contributed by atoms with Crippen LogP contribution in [0.1, 0.15) is 13.8 Å². The summed E-state index contributed by atoms with van der Waals surface area (Å²) in [6, 6.07) is 0.473. The van der Waals surface area contributed by atoms with Crippen LogP contribution in [0.2, 0.25) is 0 Å². The van der Waals surface area contributed by atoms with E-state index in [0.717, 1.165) is 26.2 Å². The Hall–Kier alpha value is -0.650. The second-order valence-electron chi connectivity index (χ2n) is 5.07. The molecule has 0 saturated carbocycles. The van der Waals surface area contributed by atoms with Gasteiger partial charge in [-0.3, -0.25) is 9.69 Å². The molecule has 17 heavy (non-hydrogen) atoms. The summed E-state index contributed by atoms with van der Waals surface area (Å²) in [5.41, 5.74) is 0. The van der Waals surface area contributed by atoms with Gasteiger partial charge in [-0.05, 0) is 27.9 Å². The fraction of sp³-hybridized carbons (Fsp3) is 0.917. The molecule has 1 rings (SSSR count). The highest BCUT2D eigenvalue weighted by atomic mass is 16.5. The zero-order valence-electron chi connectivity index (χ0n) is 11.4. The number of hydrogen-bond donors (Lipinski definition) is 1. The van der Waals surface area contributed by atoms with E-state index in [2.05, 4.69) is 29.2 Å². The molecule has 1 saturated heterocycles. The van der Waals surface area contributed by atoms with Gasteiger partial charge in [-0.15, -0.1) is 0 Å². The summed E-state index contributed by atoms with van der Waals surface area (Å²) in [7, 11) is 4.26. The molecule has 0 radical (unpaired) electrons. The summed E-state index contributed by atoms with van der Waals surface area (Å²) in [6.07, 6.45) is -0.0345. The molecule has 1 atom stereocenters. The highest BCUT2D eigenvalue weighted by Crippen LogP contribution is 2.04. The summed E-state index contributed by atoms with van der Waals surface area (Å²) >= 11 is 0. The van der Waals surface area contributed by atoms with Crippen LogP contribution in [0.5, 0.6) is 0 Å². The molecule has 1 aliphatic rings. The number of ether oxygens (including phenoxy) is 1. The standard InChI is InChI=1S/C12H25N3O2/c1-10(2)17-12(16)8-13-7-11-9-14(3)5-6-15(11)4/h10-11,13H,5-9H2,1-4H3. The average molecular weight is 243 g/mol. The van der Waals surface area contributed by atoms with E-state index < -0.39 is 0 Å². The maximum absolute atomic E-state index is 11.3. The third kappa shape index (κ3) is 5.48. The lowest BCUT2D eigenvalue weighted by Crippen LogP contribution is -2.54. The Kier molecular flexibility index (Phi) is 5.88. The van der Waals surface area contributed by atoms with Gasteiger partial charge in [0.1, 0.15) is 0 Å². The van der Waals surface area contributed by atoms with Gasteiger partial charge in [0, 0.05) is 32.2 Å². The Balaban J connectivity index is 2.19. The first-order valence-corrected chi connectivity index (χ1v) is 6.28. The van der Waals surface area contributed by atoms with Crippen molar-refractivity contribution in [3.63, 3.8) is 0 Å². The molecular weight excluding hydrogens is 218 g/mol. The van der Waals surface area contributed by atoms with Gasteiger partial charge in [-0.1, -0.05) is 0 Å². The molecule has 0 bridgehead atoms. The van der Waals surface area contributed by atoms with E-state index in [-0.39, 0.29) is 12.1 Å². The number of likely N-dealkylation sites (N-methyl/N-ethyl adjacent to an activating group) is 2. The molecule has 0 aromatic carbocycles. The van der Waals surface area contributed by atoms with Crippen LogP contribution in [0.4, 0.5) is 0 Å². The van der Waals surface area contributed by atoms with Gasteiger partial charge in [-0.2, -0.15) is 0 Å². The zero-order chi connectivity index (χ0) is 12.8. The predicted octanol–water partition coefficient (Wildman–Crippen LogP) is -0.227. The van der Waals surface area contributed by atoms with E-state index in [1.165, 1.54) is 0 Å². The maximum Gasteiger partial charge on any atom is 0.320 e. The SMILES string of the molecule is CC(C)OC(=O)CNCC1CN(C)CCN1C. The minimum atomic E-state index is -0.174. The lowest BCUT2D eigenvalue weighted by Gasteiger charge is -2.37. The van der Waals surface area contributed by atoms with E-state index in [1.807, 2.05) is 13.8 Å². The van der Waals surface area contributed by atoms with Crippen molar-refractivity contribution in [3.8, 4) is 0 Å². The fourth-order valence-corrected chi connectivity index (χ4v) is 1.97. The predicted molar refractivity (Wildman–Crippen MR) is 68.0 cm³/mol. The zero-order valence-corrected chi connectivity index (χ0v) is 11.4. The minimum absolute atomic E-state index is 0.0345. The monoisotopic (exact) mass is 243 g/mol. The highest BCUT2D eigenvalue weighted by Gasteiger charge is 2.21. The number of esters is 1. The summed E-state index contributed by atoms with van der Waals surface area (Å²) in [5.74, 6) is -0.174. The average Bonchev–Trinajstić information content (AvgIpc) is 2.22. The number of carbonyl (C=O) groups excluding carboxylic acids is 1. The van der Waals surface area contributed by atoms with Gasteiger partial charge in [0.15, 0.2) is 0 Å². The van der Waals surface area contributed by atoms with Crippen molar-refractivity contribution in [2.75, 3.05) is 46.8 Å². The third-order valence-corrected chi connectivity index (χ3v) is 3.00. The molecule has 5 nitrogen and oxygen atoms in total. The van der Waals surface area contributed by atoms with E-state index in [4.69, 9.17) is 4.74 Å². The number of rotatable bonds is 5. The van der Waals surface area contributed by atoms with Crippen molar-refractivity contribution in [2.24, 2.45) is 0 Å². The Bertz CT molecular complexity index is 246. The van der Waals surface area contributed by atoms with Crippen LogP contribution >= 0.6 is 0 Å². The lowest BCUT2D eigenvalue weighted by atomic mass is 10.2. The highest BCUT2D eigenvalue weighted by molar-refractivity contribution is 5.71. The normalized spacial score (nSPS) is 23.0. The van der Waals surface area contributed by atoms with Gasteiger partial charge < -0.3 is 15.0 Å². The first kappa shape index (κ1) is 14.4. The fourth-order valence-electron chi connectivity index (χ4n) is 1.97. The first-order chi connectivity index (χ1) is 7.99. The molecule has 0 amide bonds. The number of piperazine rings is 1. The van der Waals surface area contributed by atoms with E-state index in [9.17, 15) is 4.79 Å². The van der Waals surface area contributed by atoms with Crippen LogP contribution in [0, 0.1) is 0 Å². The molecule has 1 fully saturated rings. The summed E-state index contributed by atoms with van der Waals surface area (Å²) in [6.45, 7) is 8.09. The molecule has 1 aliphatic heterocycles. The molecule has 100 valence electrons. The second kappa shape index (κ2) is 6.93. The molecule has 0 aliphatic carbocycles. The van der Waals surface area contributed by atoms with Crippen molar-refractivity contribution in [1.82, 2.24) is 15.1 Å². The van der Waals surface area contributed by atoms with Crippen molar-refractivity contribution < 1.29 is 9.53 Å². The third-order valence-electron chi connectivity index (χ3n) is 3.00. The number of nitrogens with one attached hydrogen (secondary N) is 1. The molecule has 1 unspecified atom stereocenters. The Morgan fingerprint density at radius 1 is 1.41 bits per heavy atom. The Morgan fingerprint density at radius 3 is 2.76 bits per heavy atom. The van der Waals surface area contributed by atoms with Crippen LogP contribution in [0.3, 0.4) is 0 Å². The van der Waals surface area contributed by atoms with E-state index >= 15 is 0 Å². The van der Waals surface area contributed by atoms with E-state index in [1.54, 1.807) is 0 Å². The smallest absolute Gasteiger partial charge is 0.320 e. The number of carbonyl (C=O) groups is 1. The number of hydrogen-bond acceptors (Lipinski definition) is 5. The lowest BCUT2D eigenvalue weighted by molar-refractivity contribution is -0.146. The van der Waals surface area contributed by atoms with Crippen LogP contribution < -0.4 is 5.32 Å². The van der Waals surface area contributed by atoms with Gasteiger partial charge in [-0.25, -0.2) is 0 Å². The first-order valence-electron chi connectivity index (χ1n) is 6.28. The summed E-state index contributed by atoms with van der Waals surface area (Å²) in [4.78, 5) is 16.0. The summed E-state index contributed by atoms with van der Waals surface area (Å²) in [5, 5.41) is 3.17. The van der Waals surface area contributed by atoms with Crippen LogP contribution in [0.25, 0.3) is 0 Å². The summed E-state index contributed by atoms with van der Waals surface area (Å²) < 4.78 is 5.06. The molecule has 0 aromatic rings. The maximum atomic E-state index is 11.3. The topological polar surface area (TPSA) is 44.8 Å². The second-order valence-corrected chi connectivity index (χ2v) is 5.07. The minimum Gasteiger partial charge on any atom is -0.462 e. The molecule has 5 heteroatoms. The van der Waals surface area contributed by atoms with Gasteiger partial charge in [0.2, 0.25) is 0 Å². The van der Waals surface area contributed by atoms with Crippen LogP contribution in [-0.4, -0.2) is 74.7 Å². The molecule has 1 heterocycles. The van der Waals surface area contributed by atoms with Crippen molar-refractivity contribution in [1.29, 1.82) is 0 Å². The van der Waals surface area contributed by atoms with Crippen LogP contribution in [0.15, 0.2) is 0 Å². The van der Waals surface area contributed by atoms with Crippen molar-refractivity contribution in [2.45, 2.75) is 26.0 Å². The van der Waals surface area contributed by atoms with Gasteiger partial charge >= 0.3 is 5.97 Å². The van der Waals surface area contributed by atoms with Gasteiger partial charge in [0.05, 0.1) is 12.6 Å². The largest absolute Gasteiger partial charge is 0.462 e.